The van der Waals surface area contributed by atoms with E-state index >= 15 is 0 Å². The van der Waals surface area contributed by atoms with E-state index in [1.54, 1.807) is 11.3 Å². The lowest BCUT2D eigenvalue weighted by atomic mass is 10.3. The molecular weight excluding hydrogens is 338 g/mol. The van der Waals surface area contributed by atoms with Gasteiger partial charge in [0, 0.05) is 12.7 Å². The van der Waals surface area contributed by atoms with Gasteiger partial charge in [0.25, 0.3) is 0 Å². The van der Waals surface area contributed by atoms with Crippen LogP contribution in [0.5, 0.6) is 5.75 Å². The molecule has 0 aliphatic heterocycles. The molecule has 6 heteroatoms. The van der Waals surface area contributed by atoms with E-state index in [2.05, 4.69) is 16.4 Å². The molecule has 0 amide bonds. The summed E-state index contributed by atoms with van der Waals surface area (Å²) in [4.78, 5) is 6.64. The minimum atomic E-state index is 0.663. The van der Waals surface area contributed by atoms with Crippen LogP contribution < -0.4 is 10.1 Å². The van der Waals surface area contributed by atoms with E-state index in [-0.39, 0.29) is 0 Å². The minimum absolute atomic E-state index is 0.663. The van der Waals surface area contributed by atoms with Crippen LogP contribution in [0.25, 0.3) is 10.2 Å². The van der Waals surface area contributed by atoms with Crippen LogP contribution in [0.3, 0.4) is 0 Å². The molecule has 124 valence electrons. The summed E-state index contributed by atoms with van der Waals surface area (Å²) < 4.78 is 6.64. The number of rotatable bonds is 5. The Morgan fingerprint density at radius 3 is 2.67 bits per heavy atom. The van der Waals surface area contributed by atoms with Gasteiger partial charge in [-0.1, -0.05) is 12.1 Å². The van der Waals surface area contributed by atoms with Crippen molar-refractivity contribution < 1.29 is 4.74 Å². The molecule has 0 bridgehead atoms. The van der Waals surface area contributed by atoms with Crippen molar-refractivity contribution in [1.29, 1.82) is 0 Å². The second kappa shape index (κ2) is 7.59. The number of hydrogen-bond acceptors (Lipinski definition) is 4. The summed E-state index contributed by atoms with van der Waals surface area (Å²) >= 11 is 7.18. The molecule has 3 aromatic rings. The standard InChI is InChI=1S/C18H19N3OS2/c1-3-22-14-10-8-13(9-11-14)19-18(23)21(2)12-17-20-15-6-4-5-7-16(15)24-17/h4-11H,3,12H2,1-2H3,(H,19,23). The third-order valence-corrected chi connectivity index (χ3v) is 4.91. The molecule has 0 saturated heterocycles. The van der Waals surface area contributed by atoms with Gasteiger partial charge in [-0.05, 0) is 55.5 Å². The zero-order valence-corrected chi connectivity index (χ0v) is 15.3. The fourth-order valence-electron chi connectivity index (χ4n) is 2.28. The summed E-state index contributed by atoms with van der Waals surface area (Å²) in [5.74, 6) is 0.858. The molecule has 2 aromatic carbocycles. The van der Waals surface area contributed by atoms with Gasteiger partial charge < -0.3 is 15.0 Å². The zero-order chi connectivity index (χ0) is 16.9. The lowest BCUT2D eigenvalue weighted by Crippen LogP contribution is -2.30. The molecule has 0 atom stereocenters. The Kier molecular flexibility index (Phi) is 5.27. The van der Waals surface area contributed by atoms with Crippen LogP contribution in [0.15, 0.2) is 48.5 Å². The fraction of sp³-hybridized carbons (Fsp3) is 0.222. The Balaban J connectivity index is 1.61. The maximum absolute atomic E-state index is 5.48. The smallest absolute Gasteiger partial charge is 0.173 e. The molecule has 1 aromatic heterocycles. The number of hydrogen-bond donors (Lipinski definition) is 1. The molecule has 0 aliphatic rings. The molecular formula is C18H19N3OS2. The van der Waals surface area contributed by atoms with Crippen molar-refractivity contribution in [3.63, 3.8) is 0 Å². The molecule has 4 nitrogen and oxygen atoms in total. The number of nitrogens with zero attached hydrogens (tertiary/aromatic N) is 2. The topological polar surface area (TPSA) is 37.4 Å². The Labute approximate surface area is 151 Å². The maximum Gasteiger partial charge on any atom is 0.173 e. The van der Waals surface area contributed by atoms with Crippen LogP contribution >= 0.6 is 23.6 Å². The highest BCUT2D eigenvalue weighted by Gasteiger charge is 2.09. The van der Waals surface area contributed by atoms with Crippen LogP contribution in [-0.4, -0.2) is 28.7 Å². The summed E-state index contributed by atoms with van der Waals surface area (Å²) in [6.45, 7) is 3.32. The minimum Gasteiger partial charge on any atom is -0.494 e. The summed E-state index contributed by atoms with van der Waals surface area (Å²) in [6, 6.07) is 16.0. The Morgan fingerprint density at radius 1 is 1.21 bits per heavy atom. The van der Waals surface area contributed by atoms with Crippen molar-refractivity contribution in [3.8, 4) is 5.75 Å². The number of benzene rings is 2. The molecule has 0 saturated carbocycles. The number of thiazole rings is 1. The summed E-state index contributed by atoms with van der Waals surface area (Å²) in [6.07, 6.45) is 0. The van der Waals surface area contributed by atoms with Crippen LogP contribution in [0.2, 0.25) is 0 Å². The Bertz CT molecular complexity index is 797. The number of nitrogens with one attached hydrogen (secondary N) is 1. The van der Waals surface area contributed by atoms with Crippen molar-refractivity contribution in [2.45, 2.75) is 13.5 Å². The molecule has 3 rings (SSSR count). The number of fused-ring (bicyclic) bond motifs is 1. The monoisotopic (exact) mass is 357 g/mol. The molecule has 0 aliphatic carbocycles. The van der Waals surface area contributed by atoms with E-state index in [1.807, 2.05) is 61.3 Å². The number of thiocarbonyl (C=S) groups is 1. The average molecular weight is 358 g/mol. The van der Waals surface area contributed by atoms with E-state index in [4.69, 9.17) is 17.0 Å². The van der Waals surface area contributed by atoms with Crippen LogP contribution in [0.4, 0.5) is 5.69 Å². The third-order valence-electron chi connectivity index (χ3n) is 3.47. The number of anilines is 1. The van der Waals surface area contributed by atoms with Gasteiger partial charge in [-0.2, -0.15) is 0 Å². The molecule has 1 N–H and O–H groups in total. The van der Waals surface area contributed by atoms with E-state index in [9.17, 15) is 0 Å². The Morgan fingerprint density at radius 2 is 1.96 bits per heavy atom. The normalized spacial score (nSPS) is 10.6. The van der Waals surface area contributed by atoms with Crippen LogP contribution in [0, 0.1) is 0 Å². The molecule has 0 unspecified atom stereocenters. The van der Waals surface area contributed by atoms with E-state index in [0.29, 0.717) is 18.3 Å². The van der Waals surface area contributed by atoms with Crippen molar-refractivity contribution >= 4 is 44.6 Å². The Hall–Kier alpha value is -2.18. The average Bonchev–Trinajstić information content (AvgIpc) is 2.99. The first-order chi connectivity index (χ1) is 11.7. The number of ether oxygens (including phenoxy) is 1. The SMILES string of the molecule is CCOc1ccc(NC(=S)N(C)Cc2nc3ccccc3s2)cc1. The molecule has 1 heterocycles. The summed E-state index contributed by atoms with van der Waals surface area (Å²) in [7, 11) is 1.97. The van der Waals surface area contributed by atoms with Gasteiger partial charge >= 0.3 is 0 Å². The highest BCUT2D eigenvalue weighted by Crippen LogP contribution is 2.22. The van der Waals surface area contributed by atoms with Crippen molar-refractivity contribution in [3.05, 3.63) is 53.5 Å². The molecule has 0 fully saturated rings. The lowest BCUT2D eigenvalue weighted by molar-refractivity contribution is 0.340. The van der Waals surface area contributed by atoms with Gasteiger partial charge in [0.2, 0.25) is 0 Å². The second-order valence-corrected chi connectivity index (χ2v) is 6.82. The predicted molar refractivity (Wildman–Crippen MR) is 105 cm³/mol. The number of para-hydroxylation sites is 1. The van der Waals surface area contributed by atoms with Gasteiger partial charge in [-0.3, -0.25) is 0 Å². The molecule has 0 radical (unpaired) electrons. The zero-order valence-electron chi connectivity index (χ0n) is 13.7. The molecule has 0 spiro atoms. The van der Waals surface area contributed by atoms with E-state index in [0.717, 1.165) is 22.0 Å². The van der Waals surface area contributed by atoms with Crippen molar-refractivity contribution in [2.24, 2.45) is 0 Å². The second-order valence-electron chi connectivity index (χ2n) is 5.32. The van der Waals surface area contributed by atoms with Crippen molar-refractivity contribution in [1.82, 2.24) is 9.88 Å². The number of aromatic nitrogens is 1. The first kappa shape index (κ1) is 16.7. The maximum atomic E-state index is 5.48. The summed E-state index contributed by atoms with van der Waals surface area (Å²) in [5, 5.41) is 4.96. The summed E-state index contributed by atoms with van der Waals surface area (Å²) in [5.41, 5.74) is 1.98. The lowest BCUT2D eigenvalue weighted by Gasteiger charge is -2.20. The fourth-order valence-corrected chi connectivity index (χ4v) is 3.49. The first-order valence-corrected chi connectivity index (χ1v) is 8.97. The third kappa shape index (κ3) is 4.01. The highest BCUT2D eigenvalue weighted by atomic mass is 32.1. The largest absolute Gasteiger partial charge is 0.494 e. The van der Waals surface area contributed by atoms with Gasteiger partial charge in [0.1, 0.15) is 10.8 Å². The van der Waals surface area contributed by atoms with Crippen LogP contribution in [0.1, 0.15) is 11.9 Å². The van der Waals surface area contributed by atoms with Gasteiger partial charge in [0.05, 0.1) is 23.4 Å². The van der Waals surface area contributed by atoms with Gasteiger partial charge in [-0.25, -0.2) is 4.98 Å². The molecule has 24 heavy (non-hydrogen) atoms. The first-order valence-electron chi connectivity index (χ1n) is 7.75. The van der Waals surface area contributed by atoms with Gasteiger partial charge in [-0.15, -0.1) is 11.3 Å². The quantitative estimate of drug-likeness (QED) is 0.679. The van der Waals surface area contributed by atoms with E-state index < -0.39 is 0 Å². The van der Waals surface area contributed by atoms with E-state index in [1.165, 1.54) is 4.70 Å². The van der Waals surface area contributed by atoms with Crippen LogP contribution in [-0.2, 0) is 6.54 Å². The van der Waals surface area contributed by atoms with Crippen molar-refractivity contribution in [2.75, 3.05) is 19.0 Å². The highest BCUT2D eigenvalue weighted by molar-refractivity contribution is 7.80. The van der Waals surface area contributed by atoms with Gasteiger partial charge in [0.15, 0.2) is 5.11 Å². The predicted octanol–water partition coefficient (Wildman–Crippen LogP) is 4.52.